The van der Waals surface area contributed by atoms with Crippen LogP contribution in [0.15, 0.2) is 42.0 Å². The zero-order valence-electron chi connectivity index (χ0n) is 18.6. The predicted octanol–water partition coefficient (Wildman–Crippen LogP) is 3.55. The zero-order valence-corrected chi connectivity index (χ0v) is 18.6. The molecular weight excluding hydrogens is 449 g/mol. The number of piperazine rings is 1. The second kappa shape index (κ2) is 9.89. The van der Waals surface area contributed by atoms with Crippen LogP contribution in [0.5, 0.6) is 5.75 Å². The Hall–Kier alpha value is -3.33. The number of hydrogen-bond acceptors (Lipinski definition) is 4. The fraction of sp³-hybridized carbons (Fsp3) is 0.360. The maximum Gasteiger partial charge on any atom is 0.334 e. The van der Waals surface area contributed by atoms with E-state index in [1.807, 2.05) is 24.3 Å². The number of nitrogens with zero attached hydrogens (tertiary/aromatic N) is 1. The summed E-state index contributed by atoms with van der Waals surface area (Å²) in [6.07, 6.45) is 1.45. The first-order valence-corrected chi connectivity index (χ1v) is 11.1. The second-order valence-corrected chi connectivity index (χ2v) is 8.48. The summed E-state index contributed by atoms with van der Waals surface area (Å²) < 4.78 is 45.7. The molecule has 2 heterocycles. The molecule has 2 N–H and O–H groups in total. The van der Waals surface area contributed by atoms with Crippen LogP contribution in [0.25, 0.3) is 5.57 Å². The molecule has 2 aliphatic heterocycles. The third-order valence-electron chi connectivity index (χ3n) is 6.30. The monoisotopic (exact) mass is 474 g/mol. The van der Waals surface area contributed by atoms with Crippen molar-refractivity contribution in [1.29, 1.82) is 0 Å². The van der Waals surface area contributed by atoms with Crippen LogP contribution in [0.2, 0.25) is 0 Å². The van der Waals surface area contributed by atoms with Gasteiger partial charge in [0.15, 0.2) is 17.4 Å². The van der Waals surface area contributed by atoms with Crippen LogP contribution < -0.4 is 10.1 Å². The third-order valence-corrected chi connectivity index (χ3v) is 6.30. The van der Waals surface area contributed by atoms with Gasteiger partial charge in [-0.05, 0) is 48.1 Å². The molecule has 0 aromatic heterocycles. The highest BCUT2D eigenvalue weighted by molar-refractivity contribution is 5.99. The standard InChI is InChI=1S/C25H25F3N2O4/c1-14(31)30-17-11-18(22(25(32)33)21(30)13-29-12-17)16-6-4-15(5-7-16)3-2-10-34-24-20(27)9-8-19(26)23(24)28/h4-9,17,21,29H,2-3,10-13H2,1H3,(H,32,33). The number of aliphatic carboxylic acids is 1. The van der Waals surface area contributed by atoms with Crippen LogP contribution in [0.4, 0.5) is 13.2 Å². The number of carbonyl (C=O) groups is 2. The summed E-state index contributed by atoms with van der Waals surface area (Å²) in [6, 6.07) is 8.36. The lowest BCUT2D eigenvalue weighted by atomic mass is 9.82. The van der Waals surface area contributed by atoms with Gasteiger partial charge in [-0.3, -0.25) is 4.79 Å². The minimum absolute atomic E-state index is 0.00456. The number of nitrogens with one attached hydrogen (secondary N) is 1. The molecule has 0 saturated carbocycles. The molecule has 0 spiro atoms. The Morgan fingerprint density at radius 3 is 2.47 bits per heavy atom. The number of hydrogen-bond donors (Lipinski definition) is 2. The second-order valence-electron chi connectivity index (χ2n) is 8.48. The zero-order chi connectivity index (χ0) is 24.4. The maximum atomic E-state index is 13.7. The van der Waals surface area contributed by atoms with E-state index in [2.05, 4.69) is 5.32 Å². The molecule has 2 aliphatic rings. The van der Waals surface area contributed by atoms with Gasteiger partial charge in [-0.25, -0.2) is 13.6 Å². The van der Waals surface area contributed by atoms with E-state index < -0.39 is 35.2 Å². The quantitative estimate of drug-likeness (QED) is 0.474. The van der Waals surface area contributed by atoms with Gasteiger partial charge in [0.2, 0.25) is 11.7 Å². The van der Waals surface area contributed by atoms with Gasteiger partial charge in [0.05, 0.1) is 18.2 Å². The molecule has 9 heteroatoms. The number of amides is 1. The van der Waals surface area contributed by atoms with Crippen molar-refractivity contribution in [2.45, 2.75) is 38.3 Å². The van der Waals surface area contributed by atoms with E-state index in [9.17, 15) is 27.9 Å². The molecule has 1 amide bonds. The van der Waals surface area contributed by atoms with E-state index in [1.54, 1.807) is 4.90 Å². The Labute approximate surface area is 195 Å². The van der Waals surface area contributed by atoms with Gasteiger partial charge >= 0.3 is 5.97 Å². The highest BCUT2D eigenvalue weighted by Crippen LogP contribution is 2.36. The summed E-state index contributed by atoms with van der Waals surface area (Å²) in [5, 5.41) is 13.1. The summed E-state index contributed by atoms with van der Waals surface area (Å²) in [6.45, 7) is 2.47. The number of ether oxygens (including phenoxy) is 1. The molecule has 0 radical (unpaired) electrons. The number of aryl methyl sites for hydroxylation is 1. The van der Waals surface area contributed by atoms with Gasteiger partial charge in [-0.1, -0.05) is 24.3 Å². The summed E-state index contributed by atoms with van der Waals surface area (Å²) in [5.41, 5.74) is 2.70. The van der Waals surface area contributed by atoms with Crippen molar-refractivity contribution in [3.63, 3.8) is 0 Å². The smallest absolute Gasteiger partial charge is 0.334 e. The van der Waals surface area contributed by atoms with Crippen LogP contribution in [-0.4, -0.2) is 53.7 Å². The van der Waals surface area contributed by atoms with Crippen molar-refractivity contribution in [2.75, 3.05) is 19.7 Å². The lowest BCUT2D eigenvalue weighted by Gasteiger charge is -2.47. The third kappa shape index (κ3) is 4.65. The van der Waals surface area contributed by atoms with Crippen LogP contribution in [-0.2, 0) is 16.0 Å². The van der Waals surface area contributed by atoms with E-state index in [-0.39, 0.29) is 24.1 Å². The molecule has 4 rings (SSSR count). The van der Waals surface area contributed by atoms with Crippen molar-refractivity contribution in [3.8, 4) is 5.75 Å². The number of carbonyl (C=O) groups excluding carboxylic acids is 1. The number of carboxylic acids is 1. The molecule has 2 aromatic rings. The van der Waals surface area contributed by atoms with Crippen LogP contribution >= 0.6 is 0 Å². The Morgan fingerprint density at radius 2 is 1.79 bits per heavy atom. The van der Waals surface area contributed by atoms with Crippen molar-refractivity contribution in [1.82, 2.24) is 10.2 Å². The fourth-order valence-electron chi connectivity index (χ4n) is 4.78. The largest absolute Gasteiger partial charge is 0.488 e. The molecule has 2 bridgehead atoms. The Kier molecular flexibility index (Phi) is 6.92. The van der Waals surface area contributed by atoms with E-state index in [1.165, 1.54) is 6.92 Å². The van der Waals surface area contributed by atoms with Gasteiger partial charge in [0.1, 0.15) is 0 Å². The summed E-state index contributed by atoms with van der Waals surface area (Å²) in [7, 11) is 0. The minimum atomic E-state index is -1.34. The summed E-state index contributed by atoms with van der Waals surface area (Å²) >= 11 is 0. The van der Waals surface area contributed by atoms with E-state index >= 15 is 0 Å². The highest BCUT2D eigenvalue weighted by Gasteiger charge is 2.42. The Morgan fingerprint density at radius 1 is 1.09 bits per heavy atom. The van der Waals surface area contributed by atoms with Crippen molar-refractivity contribution in [3.05, 3.63) is 70.5 Å². The lowest BCUT2D eigenvalue weighted by Crippen LogP contribution is -2.62. The predicted molar refractivity (Wildman–Crippen MR) is 119 cm³/mol. The van der Waals surface area contributed by atoms with Gasteiger partial charge in [-0.15, -0.1) is 0 Å². The molecule has 0 aliphatic carbocycles. The molecule has 1 fully saturated rings. The molecule has 2 unspecified atom stereocenters. The Bertz CT molecular complexity index is 1130. The SMILES string of the molecule is CC(=O)N1C2CNCC1C(C(=O)O)=C(c1ccc(CCCOc3c(F)ccc(F)c3F)cc1)C2. The number of halogens is 3. The summed E-state index contributed by atoms with van der Waals surface area (Å²) in [5.74, 6) is -5.36. The van der Waals surface area contributed by atoms with Crippen molar-refractivity contribution >= 4 is 17.4 Å². The number of benzene rings is 2. The molecule has 6 nitrogen and oxygen atoms in total. The molecule has 2 atom stereocenters. The van der Waals surface area contributed by atoms with Crippen LogP contribution in [0, 0.1) is 17.5 Å². The van der Waals surface area contributed by atoms with Gasteiger partial charge in [0, 0.05) is 26.1 Å². The number of rotatable bonds is 7. The average molecular weight is 474 g/mol. The number of carboxylic acid groups (broad SMARTS) is 1. The molecule has 1 saturated heterocycles. The first-order chi connectivity index (χ1) is 16.3. The highest BCUT2D eigenvalue weighted by atomic mass is 19.2. The number of fused-ring (bicyclic) bond motifs is 2. The normalized spacial score (nSPS) is 19.8. The van der Waals surface area contributed by atoms with Gasteiger partial charge < -0.3 is 20.1 Å². The Balaban J connectivity index is 1.45. The van der Waals surface area contributed by atoms with Crippen molar-refractivity contribution in [2.24, 2.45) is 0 Å². The van der Waals surface area contributed by atoms with Gasteiger partial charge in [-0.2, -0.15) is 4.39 Å². The van der Waals surface area contributed by atoms with Crippen molar-refractivity contribution < 1.29 is 32.6 Å². The maximum absolute atomic E-state index is 13.7. The summed E-state index contributed by atoms with van der Waals surface area (Å²) in [4.78, 5) is 25.9. The van der Waals surface area contributed by atoms with Gasteiger partial charge in [0.25, 0.3) is 0 Å². The first-order valence-electron chi connectivity index (χ1n) is 11.1. The minimum Gasteiger partial charge on any atom is -0.488 e. The molecule has 180 valence electrons. The molecule has 34 heavy (non-hydrogen) atoms. The fourth-order valence-corrected chi connectivity index (χ4v) is 4.78. The van der Waals surface area contributed by atoms with E-state index in [4.69, 9.17) is 4.74 Å². The van der Waals surface area contributed by atoms with Crippen LogP contribution in [0.1, 0.15) is 30.9 Å². The average Bonchev–Trinajstić information content (AvgIpc) is 2.80. The first kappa shape index (κ1) is 23.8. The topological polar surface area (TPSA) is 78.9 Å². The van der Waals surface area contributed by atoms with E-state index in [0.717, 1.165) is 22.8 Å². The molecule has 2 aromatic carbocycles. The van der Waals surface area contributed by atoms with E-state index in [0.29, 0.717) is 38.4 Å². The lowest BCUT2D eigenvalue weighted by molar-refractivity contribution is -0.137. The molecular formula is C25H25F3N2O4. The van der Waals surface area contributed by atoms with Crippen LogP contribution in [0.3, 0.4) is 0 Å².